The van der Waals surface area contributed by atoms with Gasteiger partial charge in [0.25, 0.3) is 0 Å². The van der Waals surface area contributed by atoms with E-state index in [-0.39, 0.29) is 11.8 Å². The van der Waals surface area contributed by atoms with E-state index in [2.05, 4.69) is 15.7 Å². The summed E-state index contributed by atoms with van der Waals surface area (Å²) in [7, 11) is 1.89. The van der Waals surface area contributed by atoms with E-state index in [1.165, 1.54) is 0 Å². The van der Waals surface area contributed by atoms with Gasteiger partial charge in [0.15, 0.2) is 0 Å². The van der Waals surface area contributed by atoms with Crippen molar-refractivity contribution in [2.45, 2.75) is 25.8 Å². The SMILES string of the molecule is Cn1cc(CNC(=O)C2CC23CCNCC3)cn1. The van der Waals surface area contributed by atoms with Crippen LogP contribution in [0.15, 0.2) is 12.4 Å². The summed E-state index contributed by atoms with van der Waals surface area (Å²) in [5.41, 5.74) is 1.38. The summed E-state index contributed by atoms with van der Waals surface area (Å²) in [6.45, 7) is 2.72. The maximum Gasteiger partial charge on any atom is 0.223 e. The Kier molecular flexibility index (Phi) is 2.86. The number of nitrogens with one attached hydrogen (secondary N) is 2. The number of piperidine rings is 1. The molecule has 2 fully saturated rings. The number of aromatic nitrogens is 2. The molecular weight excluding hydrogens is 228 g/mol. The maximum atomic E-state index is 12.1. The second-order valence-corrected chi connectivity index (χ2v) is 5.61. The fourth-order valence-electron chi connectivity index (χ4n) is 3.07. The number of hydrogen-bond acceptors (Lipinski definition) is 3. The predicted octanol–water partition coefficient (Wildman–Crippen LogP) is 0.426. The van der Waals surface area contributed by atoms with Crippen molar-refractivity contribution in [2.24, 2.45) is 18.4 Å². The molecule has 1 aromatic heterocycles. The lowest BCUT2D eigenvalue weighted by molar-refractivity contribution is -0.123. The minimum Gasteiger partial charge on any atom is -0.352 e. The Morgan fingerprint density at radius 3 is 3.06 bits per heavy atom. The Hall–Kier alpha value is -1.36. The molecule has 1 aromatic rings. The predicted molar refractivity (Wildman–Crippen MR) is 67.7 cm³/mol. The number of carbonyl (C=O) groups excluding carboxylic acids is 1. The molecule has 5 heteroatoms. The van der Waals surface area contributed by atoms with E-state index in [1.807, 2.05) is 13.2 Å². The van der Waals surface area contributed by atoms with Crippen LogP contribution >= 0.6 is 0 Å². The van der Waals surface area contributed by atoms with Crippen molar-refractivity contribution in [3.63, 3.8) is 0 Å². The molecule has 2 heterocycles. The van der Waals surface area contributed by atoms with Crippen molar-refractivity contribution >= 4 is 5.91 Å². The topological polar surface area (TPSA) is 59.0 Å². The Bertz CT molecular complexity index is 448. The van der Waals surface area contributed by atoms with Gasteiger partial charge in [-0.3, -0.25) is 9.48 Å². The zero-order valence-electron chi connectivity index (χ0n) is 10.8. The lowest BCUT2D eigenvalue weighted by Crippen LogP contribution is -2.33. The molecular formula is C13H20N4O. The molecule has 1 amide bonds. The summed E-state index contributed by atoms with van der Waals surface area (Å²) in [4.78, 5) is 12.1. The molecule has 1 aliphatic heterocycles. The summed E-state index contributed by atoms with van der Waals surface area (Å²) in [5.74, 6) is 0.469. The molecule has 0 aromatic carbocycles. The highest BCUT2D eigenvalue weighted by molar-refractivity contribution is 5.82. The van der Waals surface area contributed by atoms with E-state index in [4.69, 9.17) is 0 Å². The lowest BCUT2D eigenvalue weighted by atomic mass is 9.92. The van der Waals surface area contributed by atoms with Crippen LogP contribution < -0.4 is 10.6 Å². The van der Waals surface area contributed by atoms with Crippen molar-refractivity contribution in [1.82, 2.24) is 20.4 Å². The summed E-state index contributed by atoms with van der Waals surface area (Å²) in [6, 6.07) is 0. The first-order chi connectivity index (χ1) is 8.70. The Labute approximate surface area is 107 Å². The first kappa shape index (κ1) is 11.7. The molecule has 1 spiro atoms. The van der Waals surface area contributed by atoms with Gasteiger partial charge >= 0.3 is 0 Å². The molecule has 0 bridgehead atoms. The Morgan fingerprint density at radius 2 is 2.39 bits per heavy atom. The molecule has 98 valence electrons. The zero-order valence-corrected chi connectivity index (χ0v) is 10.8. The molecule has 0 radical (unpaired) electrons. The fourth-order valence-corrected chi connectivity index (χ4v) is 3.07. The maximum absolute atomic E-state index is 12.1. The van der Waals surface area contributed by atoms with Gasteiger partial charge in [0.1, 0.15) is 0 Å². The van der Waals surface area contributed by atoms with Gasteiger partial charge < -0.3 is 10.6 Å². The molecule has 2 aliphatic rings. The number of rotatable bonds is 3. The van der Waals surface area contributed by atoms with Crippen molar-refractivity contribution in [3.05, 3.63) is 18.0 Å². The molecule has 3 rings (SSSR count). The second kappa shape index (κ2) is 4.39. The average molecular weight is 248 g/mol. The minimum absolute atomic E-state index is 0.223. The van der Waals surface area contributed by atoms with Crippen molar-refractivity contribution in [1.29, 1.82) is 0 Å². The van der Waals surface area contributed by atoms with E-state index >= 15 is 0 Å². The van der Waals surface area contributed by atoms with Gasteiger partial charge in [-0.15, -0.1) is 0 Å². The average Bonchev–Trinajstić information content (AvgIpc) is 2.89. The van der Waals surface area contributed by atoms with Crippen LogP contribution in [0.3, 0.4) is 0 Å². The molecule has 1 saturated carbocycles. The van der Waals surface area contributed by atoms with Gasteiger partial charge in [0.05, 0.1) is 6.20 Å². The van der Waals surface area contributed by atoms with Crippen LogP contribution in [-0.4, -0.2) is 28.8 Å². The highest BCUT2D eigenvalue weighted by Crippen LogP contribution is 2.58. The lowest BCUT2D eigenvalue weighted by Gasteiger charge is -2.23. The largest absolute Gasteiger partial charge is 0.352 e. The van der Waals surface area contributed by atoms with E-state index in [1.54, 1.807) is 10.9 Å². The van der Waals surface area contributed by atoms with Gasteiger partial charge in [-0.25, -0.2) is 0 Å². The summed E-state index contributed by atoms with van der Waals surface area (Å²) in [5, 5.41) is 10.5. The van der Waals surface area contributed by atoms with Gasteiger partial charge in [-0.2, -0.15) is 5.10 Å². The third-order valence-electron chi connectivity index (χ3n) is 4.33. The third kappa shape index (κ3) is 2.14. The first-order valence-corrected chi connectivity index (χ1v) is 6.66. The van der Waals surface area contributed by atoms with Crippen LogP contribution in [0.4, 0.5) is 0 Å². The molecule has 5 nitrogen and oxygen atoms in total. The highest BCUT2D eigenvalue weighted by Gasteiger charge is 2.57. The molecule has 2 N–H and O–H groups in total. The van der Waals surface area contributed by atoms with Gasteiger partial charge in [-0.1, -0.05) is 0 Å². The number of carbonyl (C=O) groups is 1. The summed E-state index contributed by atoms with van der Waals surface area (Å²) in [6.07, 6.45) is 7.12. The zero-order chi connectivity index (χ0) is 12.6. The van der Waals surface area contributed by atoms with Crippen LogP contribution in [-0.2, 0) is 18.4 Å². The van der Waals surface area contributed by atoms with E-state index in [0.717, 1.165) is 37.9 Å². The van der Waals surface area contributed by atoms with Crippen LogP contribution in [0, 0.1) is 11.3 Å². The Morgan fingerprint density at radius 1 is 1.61 bits per heavy atom. The van der Waals surface area contributed by atoms with Crippen molar-refractivity contribution in [2.75, 3.05) is 13.1 Å². The van der Waals surface area contributed by atoms with Gasteiger partial charge in [0.2, 0.25) is 5.91 Å². The second-order valence-electron chi connectivity index (χ2n) is 5.61. The minimum atomic E-state index is 0.223. The molecule has 1 unspecified atom stereocenters. The normalized spacial score (nSPS) is 25.1. The van der Waals surface area contributed by atoms with E-state index in [9.17, 15) is 4.79 Å². The van der Waals surface area contributed by atoms with Crippen LogP contribution in [0.1, 0.15) is 24.8 Å². The summed E-state index contributed by atoms with van der Waals surface area (Å²) < 4.78 is 1.76. The number of aryl methyl sites for hydroxylation is 1. The quantitative estimate of drug-likeness (QED) is 0.815. The van der Waals surface area contributed by atoms with Crippen LogP contribution in [0.5, 0.6) is 0 Å². The van der Waals surface area contributed by atoms with Crippen molar-refractivity contribution < 1.29 is 4.79 Å². The molecule has 1 aliphatic carbocycles. The molecule has 1 atom stereocenters. The number of amides is 1. The third-order valence-corrected chi connectivity index (χ3v) is 4.33. The number of nitrogens with zero attached hydrogens (tertiary/aromatic N) is 2. The van der Waals surface area contributed by atoms with Gasteiger partial charge in [-0.05, 0) is 37.8 Å². The van der Waals surface area contributed by atoms with Crippen LogP contribution in [0.2, 0.25) is 0 Å². The molecule has 1 saturated heterocycles. The number of hydrogen-bond donors (Lipinski definition) is 2. The monoisotopic (exact) mass is 248 g/mol. The molecule has 18 heavy (non-hydrogen) atoms. The van der Waals surface area contributed by atoms with E-state index < -0.39 is 0 Å². The van der Waals surface area contributed by atoms with Crippen LogP contribution in [0.25, 0.3) is 0 Å². The smallest absolute Gasteiger partial charge is 0.223 e. The Balaban J connectivity index is 1.51. The van der Waals surface area contributed by atoms with E-state index in [0.29, 0.717) is 12.0 Å². The highest BCUT2D eigenvalue weighted by atomic mass is 16.2. The summed E-state index contributed by atoms with van der Waals surface area (Å²) >= 11 is 0. The van der Waals surface area contributed by atoms with Crippen molar-refractivity contribution in [3.8, 4) is 0 Å². The fraction of sp³-hybridized carbons (Fsp3) is 0.692. The first-order valence-electron chi connectivity index (χ1n) is 6.66. The van der Waals surface area contributed by atoms with Gasteiger partial charge in [0, 0.05) is 31.3 Å². The standard InChI is InChI=1S/C13H20N4O/c1-17-9-10(8-16-17)7-15-12(18)11-6-13(11)2-4-14-5-3-13/h8-9,11,14H,2-7H2,1H3,(H,15,18).